The van der Waals surface area contributed by atoms with E-state index < -0.39 is 17.8 Å². The summed E-state index contributed by atoms with van der Waals surface area (Å²) in [5.74, 6) is 0.429. The molecule has 1 N–H and O–H groups in total. The third-order valence-electron chi connectivity index (χ3n) is 3.68. The Morgan fingerprint density at radius 3 is 2.46 bits per heavy atom. The summed E-state index contributed by atoms with van der Waals surface area (Å²) >= 11 is 7.31. The first-order chi connectivity index (χ1) is 13.2. The van der Waals surface area contributed by atoms with Crippen molar-refractivity contribution in [2.75, 3.05) is 19.3 Å². The molecule has 0 fully saturated rings. The van der Waals surface area contributed by atoms with Crippen molar-refractivity contribution in [2.45, 2.75) is 38.9 Å². The van der Waals surface area contributed by atoms with Gasteiger partial charge in [-0.05, 0) is 50.6 Å². The molecule has 8 heteroatoms. The van der Waals surface area contributed by atoms with Gasteiger partial charge in [0.15, 0.2) is 0 Å². The molecule has 0 aliphatic carbocycles. The van der Waals surface area contributed by atoms with Gasteiger partial charge in [-0.15, -0.1) is 11.8 Å². The van der Waals surface area contributed by atoms with E-state index in [1.165, 1.54) is 30.0 Å². The lowest BCUT2D eigenvalue weighted by Crippen LogP contribution is -2.27. The fourth-order valence-corrected chi connectivity index (χ4v) is 3.59. The predicted octanol–water partition coefficient (Wildman–Crippen LogP) is 6.32. The van der Waals surface area contributed by atoms with Crippen LogP contribution in [0.25, 0.3) is 0 Å². The Morgan fingerprint density at radius 1 is 1.29 bits per heavy atom. The van der Waals surface area contributed by atoms with Gasteiger partial charge in [-0.2, -0.15) is 13.2 Å². The quantitative estimate of drug-likeness (QED) is 0.161. The molecule has 2 nitrogen and oxygen atoms in total. The Balaban J connectivity index is 2.51. The number of halogens is 5. The van der Waals surface area contributed by atoms with E-state index in [1.54, 1.807) is 33.0 Å². The molecule has 28 heavy (non-hydrogen) atoms. The zero-order chi connectivity index (χ0) is 21.2. The van der Waals surface area contributed by atoms with E-state index in [0.717, 1.165) is 28.9 Å². The lowest BCUT2D eigenvalue weighted by atomic mass is 10.1. The highest BCUT2D eigenvalue weighted by atomic mass is 35.5. The first-order valence-corrected chi connectivity index (χ1v) is 10.3. The average molecular weight is 437 g/mol. The molecule has 0 radical (unpaired) electrons. The molecule has 1 aromatic rings. The van der Waals surface area contributed by atoms with Crippen molar-refractivity contribution in [3.8, 4) is 0 Å². The van der Waals surface area contributed by atoms with Crippen molar-refractivity contribution in [1.82, 2.24) is 5.32 Å². The maximum Gasteiger partial charge on any atom is 0.417 e. The Hall–Kier alpha value is -1.31. The minimum absolute atomic E-state index is 0.276. The minimum atomic E-state index is -4.49. The number of allylic oxidation sites excluding steroid dienone is 3. The van der Waals surface area contributed by atoms with E-state index in [1.807, 2.05) is 0 Å². The van der Waals surface area contributed by atoms with Crippen LogP contribution in [0.4, 0.5) is 17.6 Å². The minimum Gasteiger partial charge on any atom is -0.311 e. The number of aliphatic imine (C=N–C) groups is 1. The Labute approximate surface area is 173 Å². The van der Waals surface area contributed by atoms with Gasteiger partial charge in [-0.25, -0.2) is 4.39 Å². The second-order valence-corrected chi connectivity index (χ2v) is 7.51. The first kappa shape index (κ1) is 24.7. The van der Waals surface area contributed by atoms with Crippen LogP contribution in [0.5, 0.6) is 0 Å². The molecule has 0 saturated carbocycles. The molecule has 0 amide bonds. The van der Waals surface area contributed by atoms with Crippen molar-refractivity contribution in [3.05, 3.63) is 58.4 Å². The van der Waals surface area contributed by atoms with Gasteiger partial charge in [0.05, 0.1) is 10.6 Å². The van der Waals surface area contributed by atoms with Gasteiger partial charge >= 0.3 is 6.18 Å². The average Bonchev–Trinajstić information content (AvgIpc) is 2.63. The number of benzene rings is 1. The van der Waals surface area contributed by atoms with Crippen LogP contribution >= 0.6 is 23.4 Å². The summed E-state index contributed by atoms with van der Waals surface area (Å²) in [6.45, 7) is 3.94. The van der Waals surface area contributed by atoms with Crippen LogP contribution in [-0.2, 0) is 0 Å². The van der Waals surface area contributed by atoms with Crippen LogP contribution in [0.3, 0.4) is 0 Å². The summed E-state index contributed by atoms with van der Waals surface area (Å²) in [7, 11) is 1.67. The number of alkyl halides is 3. The Morgan fingerprint density at radius 2 is 1.93 bits per heavy atom. The normalized spacial score (nSPS) is 15.1. The molecule has 0 aliphatic heterocycles. The van der Waals surface area contributed by atoms with Gasteiger partial charge in [0.1, 0.15) is 5.82 Å². The molecule has 1 unspecified atom stereocenters. The molecular formula is C20H25ClF4N2S. The largest absolute Gasteiger partial charge is 0.417 e. The lowest BCUT2D eigenvalue weighted by Gasteiger charge is -2.15. The maximum absolute atomic E-state index is 13.1. The summed E-state index contributed by atoms with van der Waals surface area (Å²) in [5.41, 5.74) is 0.0208. The summed E-state index contributed by atoms with van der Waals surface area (Å²) in [6, 6.07) is 5.63. The molecule has 0 spiro atoms. The molecule has 0 bridgehead atoms. The third-order valence-corrected chi connectivity index (χ3v) is 5.23. The van der Waals surface area contributed by atoms with Crippen LogP contribution in [0.1, 0.15) is 32.3 Å². The molecule has 0 aromatic heterocycles. The molecular weight excluding hydrogens is 412 g/mol. The zero-order valence-corrected chi connectivity index (χ0v) is 17.7. The lowest BCUT2D eigenvalue weighted by molar-refractivity contribution is -0.0890. The summed E-state index contributed by atoms with van der Waals surface area (Å²) in [5, 5.41) is 3.58. The van der Waals surface area contributed by atoms with E-state index in [-0.39, 0.29) is 10.8 Å². The van der Waals surface area contributed by atoms with Crippen LogP contribution < -0.4 is 5.32 Å². The van der Waals surface area contributed by atoms with Gasteiger partial charge in [0.2, 0.25) is 0 Å². The first-order valence-electron chi connectivity index (χ1n) is 8.93. The predicted molar refractivity (Wildman–Crippen MR) is 112 cm³/mol. The molecule has 0 saturated heterocycles. The number of rotatable bonds is 9. The van der Waals surface area contributed by atoms with Crippen LogP contribution in [-0.4, -0.2) is 36.6 Å². The van der Waals surface area contributed by atoms with Crippen LogP contribution in [0.15, 0.2) is 52.0 Å². The summed E-state index contributed by atoms with van der Waals surface area (Å²) < 4.78 is 52.4. The highest BCUT2D eigenvalue weighted by molar-refractivity contribution is 8.14. The topological polar surface area (TPSA) is 24.4 Å². The number of hydrogen-bond acceptors (Lipinski definition) is 3. The third kappa shape index (κ3) is 8.80. The van der Waals surface area contributed by atoms with Crippen molar-refractivity contribution in [2.24, 2.45) is 4.99 Å². The number of nitrogens with zero attached hydrogens (tertiary/aromatic N) is 1. The van der Waals surface area contributed by atoms with E-state index in [2.05, 4.69) is 10.3 Å². The highest BCUT2D eigenvalue weighted by Crippen LogP contribution is 2.33. The fraction of sp³-hybridized carbons (Fsp3) is 0.450. The summed E-state index contributed by atoms with van der Waals surface area (Å²) in [6.07, 6.45) is -0.857. The smallest absolute Gasteiger partial charge is 0.311 e. The number of hydrogen-bond donors (Lipinski definition) is 1. The van der Waals surface area contributed by atoms with Gasteiger partial charge in [-0.1, -0.05) is 30.7 Å². The molecule has 1 atom stereocenters. The number of nitrogens with one attached hydrogen (secondary N) is 1. The van der Waals surface area contributed by atoms with Crippen LogP contribution in [0.2, 0.25) is 0 Å². The van der Waals surface area contributed by atoms with E-state index in [0.29, 0.717) is 13.0 Å². The van der Waals surface area contributed by atoms with Crippen molar-refractivity contribution in [3.63, 3.8) is 0 Å². The number of thioether (sulfide) groups is 1. The van der Waals surface area contributed by atoms with Crippen molar-refractivity contribution >= 4 is 28.4 Å². The molecule has 1 aromatic carbocycles. The second-order valence-electron chi connectivity index (χ2n) is 6.02. The second kappa shape index (κ2) is 12.3. The van der Waals surface area contributed by atoms with Crippen molar-refractivity contribution < 1.29 is 17.6 Å². The Bertz CT molecular complexity index is 697. The molecule has 156 valence electrons. The fourth-order valence-electron chi connectivity index (χ4n) is 2.35. The SMILES string of the molecule is CC/C=C(Cl)\C(=C/C(C)NCCCSC(=NC)c1ccc(F)cc1)C(F)(F)F. The monoisotopic (exact) mass is 436 g/mol. The van der Waals surface area contributed by atoms with Crippen LogP contribution in [0, 0.1) is 5.82 Å². The molecule has 0 aliphatic rings. The Kier molecular flexibility index (Phi) is 10.9. The maximum atomic E-state index is 13.1. The standard InChI is InChI=1S/C20H25ClF4N2S/c1-4-6-18(21)17(20(23,24)25)13-14(2)27-11-5-12-28-19(26-3)15-7-9-16(22)10-8-15/h6-10,13-14,27H,4-5,11-12H2,1-3H3/b17-13+,18-6+,26-19?. The van der Waals surface area contributed by atoms with Crippen molar-refractivity contribution in [1.29, 1.82) is 0 Å². The molecule has 0 heterocycles. The van der Waals surface area contributed by atoms with Gasteiger partial charge in [-0.3, -0.25) is 4.99 Å². The zero-order valence-electron chi connectivity index (χ0n) is 16.1. The van der Waals surface area contributed by atoms with Gasteiger partial charge in [0, 0.05) is 29.4 Å². The highest BCUT2D eigenvalue weighted by Gasteiger charge is 2.35. The van der Waals surface area contributed by atoms with Gasteiger partial charge in [0.25, 0.3) is 0 Å². The summed E-state index contributed by atoms with van der Waals surface area (Å²) in [4.78, 5) is 4.21. The van der Waals surface area contributed by atoms with E-state index >= 15 is 0 Å². The molecule has 1 rings (SSSR count). The van der Waals surface area contributed by atoms with E-state index in [4.69, 9.17) is 11.6 Å². The van der Waals surface area contributed by atoms with Gasteiger partial charge < -0.3 is 5.32 Å². The van der Waals surface area contributed by atoms with E-state index in [9.17, 15) is 17.6 Å².